The van der Waals surface area contributed by atoms with Gasteiger partial charge in [0.1, 0.15) is 6.61 Å². The Kier molecular flexibility index (Phi) is 7.29. The van der Waals surface area contributed by atoms with Crippen LogP contribution in [-0.4, -0.2) is 55.7 Å². The number of benzene rings is 3. The van der Waals surface area contributed by atoms with E-state index in [9.17, 15) is 17.7 Å². The van der Waals surface area contributed by atoms with Crippen LogP contribution in [0.15, 0.2) is 59.7 Å². The predicted molar refractivity (Wildman–Crippen MR) is 145 cm³/mol. The van der Waals surface area contributed by atoms with Gasteiger partial charge in [-0.3, -0.25) is 4.90 Å². The molecule has 0 bridgehead atoms. The molecule has 1 fully saturated rings. The van der Waals surface area contributed by atoms with Crippen molar-refractivity contribution >= 4 is 24.2 Å². The first-order valence-corrected chi connectivity index (χ1v) is 12.9. The number of hydrogen-bond donors (Lipinski definition) is 0. The van der Waals surface area contributed by atoms with Crippen LogP contribution in [0.1, 0.15) is 33.7 Å². The Morgan fingerprint density at radius 2 is 1.59 bits per heavy atom. The molecule has 0 radical (unpaired) electrons. The number of piperazine rings is 1. The van der Waals surface area contributed by atoms with E-state index >= 15 is 0 Å². The lowest BCUT2D eigenvalue weighted by molar-refractivity contribution is 0.0728. The van der Waals surface area contributed by atoms with Crippen LogP contribution in [0.4, 0.5) is 23.4 Å². The van der Waals surface area contributed by atoms with Crippen molar-refractivity contribution in [3.05, 3.63) is 92.9 Å². The normalized spacial score (nSPS) is 15.5. The van der Waals surface area contributed by atoms with Crippen LogP contribution in [0.25, 0.3) is 21.6 Å². The maximum Gasteiger partial charge on any atom is 0.510 e. The number of carbonyl (C=O) groups excluding carboxylic acids is 1. The molecule has 1 aliphatic heterocycles. The summed E-state index contributed by atoms with van der Waals surface area (Å²) < 4.78 is 47.3. The third kappa shape index (κ3) is 5.20. The van der Waals surface area contributed by atoms with Gasteiger partial charge in [0, 0.05) is 49.2 Å². The second-order valence-corrected chi connectivity index (χ2v) is 10.0. The molecule has 11 heteroatoms. The van der Waals surface area contributed by atoms with Gasteiger partial charge in [0.25, 0.3) is 0 Å². The van der Waals surface area contributed by atoms with Gasteiger partial charge >= 0.3 is 13.1 Å². The molecule has 3 aromatic rings. The average Bonchev–Trinajstić information content (AvgIpc) is 3.23. The van der Waals surface area contributed by atoms with Crippen LogP contribution in [0, 0.1) is 13.8 Å². The Morgan fingerprint density at radius 3 is 2.15 bits per heavy atom. The van der Waals surface area contributed by atoms with Crippen molar-refractivity contribution in [2.45, 2.75) is 26.3 Å². The summed E-state index contributed by atoms with van der Waals surface area (Å²) in [5.41, 5.74) is 13.3. The van der Waals surface area contributed by atoms with Gasteiger partial charge in [-0.2, -0.15) is 0 Å². The molecule has 0 spiro atoms. The van der Waals surface area contributed by atoms with Crippen molar-refractivity contribution in [1.82, 2.24) is 9.80 Å². The summed E-state index contributed by atoms with van der Waals surface area (Å²) in [6.45, 7) is -0.205. The third-order valence-electron chi connectivity index (χ3n) is 7.83. The van der Waals surface area contributed by atoms with Crippen molar-refractivity contribution in [3.63, 3.8) is 0 Å². The van der Waals surface area contributed by atoms with Crippen LogP contribution in [0.5, 0.6) is 0 Å². The maximum atomic E-state index is 13.8. The van der Waals surface area contributed by atoms with Gasteiger partial charge in [-0.25, -0.2) is 4.79 Å². The Hall–Kier alpha value is -3.95. The van der Waals surface area contributed by atoms with E-state index in [1.807, 2.05) is 29.2 Å². The average molecular weight is 534 g/mol. The first-order valence-electron chi connectivity index (χ1n) is 12.9. The minimum absolute atomic E-state index is 0.00965. The lowest BCUT2D eigenvalue weighted by Gasteiger charge is -2.35. The third-order valence-corrected chi connectivity index (χ3v) is 7.83. The molecule has 1 saturated heterocycles. The predicted octanol–water partition coefficient (Wildman–Crippen LogP) is 6.37. The number of hydrogen-bond acceptors (Lipinski definition) is 4. The van der Waals surface area contributed by atoms with E-state index in [0.717, 1.165) is 22.3 Å². The highest BCUT2D eigenvalue weighted by Gasteiger charge is 2.33. The largest absolute Gasteiger partial charge is 0.510 e. The Labute approximate surface area is 224 Å². The highest BCUT2D eigenvalue weighted by atomic mass is 19.4. The van der Waals surface area contributed by atoms with Gasteiger partial charge in [0.05, 0.1) is 0 Å². The standard InChI is InChI=1S/C28H28BF3N5O2/c1-18-20(15-26(34-35-33)19(2)27(18)29(30,31)32)16-36-11-13-37(14-12-36)28(38)39-17-25-23-9-5-3-7-21(23)22-8-4-6-10-24(22)25/h3-10,15,25H,11-14,16-17H2,1-2H3/q-1. The summed E-state index contributed by atoms with van der Waals surface area (Å²) in [4.78, 5) is 19.3. The van der Waals surface area contributed by atoms with Crippen molar-refractivity contribution in [3.8, 4) is 11.1 Å². The Morgan fingerprint density at radius 1 is 1.00 bits per heavy atom. The van der Waals surface area contributed by atoms with Crippen molar-refractivity contribution in [2.75, 3.05) is 32.8 Å². The zero-order valence-corrected chi connectivity index (χ0v) is 21.8. The van der Waals surface area contributed by atoms with E-state index in [-0.39, 0.29) is 35.9 Å². The molecule has 0 unspecified atom stereocenters. The fourth-order valence-corrected chi connectivity index (χ4v) is 5.80. The monoisotopic (exact) mass is 534 g/mol. The molecule has 1 heterocycles. The molecule has 0 saturated carbocycles. The quantitative estimate of drug-likeness (QED) is 0.160. The number of halogens is 3. The molecule has 0 aromatic heterocycles. The van der Waals surface area contributed by atoms with E-state index in [1.165, 1.54) is 19.9 Å². The number of amides is 1. The van der Waals surface area contributed by atoms with Crippen molar-refractivity contribution in [1.29, 1.82) is 0 Å². The lowest BCUT2D eigenvalue weighted by atomic mass is 9.72. The molecule has 5 rings (SSSR count). The van der Waals surface area contributed by atoms with E-state index in [2.05, 4.69) is 34.3 Å². The smallest absolute Gasteiger partial charge is 0.448 e. The first-order chi connectivity index (χ1) is 18.7. The zero-order valence-electron chi connectivity index (χ0n) is 21.8. The van der Waals surface area contributed by atoms with Gasteiger partial charge < -0.3 is 22.6 Å². The van der Waals surface area contributed by atoms with E-state index < -0.39 is 18.5 Å². The topological polar surface area (TPSA) is 81.5 Å². The van der Waals surface area contributed by atoms with E-state index in [4.69, 9.17) is 10.3 Å². The maximum absolute atomic E-state index is 13.8. The molecular weight excluding hydrogens is 506 g/mol. The molecule has 0 atom stereocenters. The van der Waals surface area contributed by atoms with Gasteiger partial charge in [-0.15, -0.1) is 5.46 Å². The molecule has 7 nitrogen and oxygen atoms in total. The van der Waals surface area contributed by atoms with Crippen molar-refractivity contribution in [2.24, 2.45) is 5.11 Å². The van der Waals surface area contributed by atoms with Gasteiger partial charge in [-0.05, 0) is 53.3 Å². The molecule has 39 heavy (non-hydrogen) atoms. The summed E-state index contributed by atoms with van der Waals surface area (Å²) >= 11 is 0. The molecule has 1 aliphatic carbocycles. The molecule has 0 N–H and O–H groups in total. The zero-order chi connectivity index (χ0) is 27.7. The Balaban J connectivity index is 1.22. The number of carbonyl (C=O) groups is 1. The number of azide groups is 1. The van der Waals surface area contributed by atoms with Gasteiger partial charge in [0.2, 0.25) is 0 Å². The van der Waals surface area contributed by atoms with Crippen LogP contribution in [0.3, 0.4) is 0 Å². The number of nitrogens with zero attached hydrogens (tertiary/aromatic N) is 5. The SMILES string of the molecule is Cc1c(CN2CCN(C(=O)OCC3c4ccccc4-c4ccccc43)CC2)cc(N=[N+]=[N-])c(C)c1[B-](F)(F)F. The highest BCUT2D eigenvalue weighted by Crippen LogP contribution is 2.44. The van der Waals surface area contributed by atoms with Gasteiger partial charge in [0.15, 0.2) is 0 Å². The first kappa shape index (κ1) is 26.7. The lowest BCUT2D eigenvalue weighted by Crippen LogP contribution is -2.49. The molecular formula is C28H28BF3N5O2-. The highest BCUT2D eigenvalue weighted by molar-refractivity contribution is 6.74. The second kappa shape index (κ2) is 10.7. The Bertz CT molecular complexity index is 1420. The molecule has 1 amide bonds. The summed E-state index contributed by atoms with van der Waals surface area (Å²) in [7, 11) is 0. The fourth-order valence-electron chi connectivity index (χ4n) is 5.80. The summed E-state index contributed by atoms with van der Waals surface area (Å²) in [6, 6.07) is 17.8. The molecule has 2 aliphatic rings. The van der Waals surface area contributed by atoms with Crippen molar-refractivity contribution < 1.29 is 22.5 Å². The summed E-state index contributed by atoms with van der Waals surface area (Å²) in [6.07, 6.45) is -0.393. The van der Waals surface area contributed by atoms with Gasteiger partial charge in [-0.1, -0.05) is 64.8 Å². The molecule has 202 valence electrons. The van der Waals surface area contributed by atoms with E-state index in [0.29, 0.717) is 31.7 Å². The second-order valence-electron chi connectivity index (χ2n) is 10.0. The molecule has 3 aromatic carbocycles. The fraction of sp³-hybridized carbons (Fsp3) is 0.321. The minimum atomic E-state index is -5.27. The van der Waals surface area contributed by atoms with Crippen LogP contribution < -0.4 is 5.46 Å². The number of fused-ring (bicyclic) bond motifs is 3. The summed E-state index contributed by atoms with van der Waals surface area (Å²) in [5.74, 6) is -0.0261. The number of ether oxygens (including phenoxy) is 1. The van der Waals surface area contributed by atoms with Crippen LogP contribution >= 0.6 is 0 Å². The van der Waals surface area contributed by atoms with Crippen LogP contribution in [-0.2, 0) is 11.3 Å². The number of rotatable bonds is 6. The summed E-state index contributed by atoms with van der Waals surface area (Å²) in [5, 5.41) is 3.49. The van der Waals surface area contributed by atoms with E-state index in [1.54, 1.807) is 4.90 Å². The minimum Gasteiger partial charge on any atom is -0.448 e. The van der Waals surface area contributed by atoms with Crippen LogP contribution in [0.2, 0.25) is 0 Å².